The molecule has 0 unspecified atom stereocenters. The van der Waals surface area contributed by atoms with Gasteiger partial charge < -0.3 is 9.26 Å². The summed E-state index contributed by atoms with van der Waals surface area (Å²) in [5.41, 5.74) is 0.843. The van der Waals surface area contributed by atoms with Crippen LogP contribution in [0.5, 0.6) is 5.88 Å². The second-order valence-electron chi connectivity index (χ2n) is 5.48. The minimum atomic E-state index is -4.69. The van der Waals surface area contributed by atoms with Gasteiger partial charge >= 0.3 is 12.1 Å². The molecule has 0 aliphatic rings. The molecule has 7 nitrogen and oxygen atoms in total. The Balaban J connectivity index is 1.49. The van der Waals surface area contributed by atoms with E-state index in [1.807, 2.05) is 24.3 Å². The zero-order valence-corrected chi connectivity index (χ0v) is 13.5. The maximum Gasteiger partial charge on any atom is 0.471 e. The molecule has 0 aliphatic carbocycles. The van der Waals surface area contributed by atoms with Crippen molar-refractivity contribution in [3.63, 3.8) is 0 Å². The molecule has 4 rings (SSSR count). The highest BCUT2D eigenvalue weighted by atomic mass is 19.4. The number of aromatic nitrogens is 5. The number of alkyl halides is 3. The van der Waals surface area contributed by atoms with Crippen LogP contribution in [-0.4, -0.2) is 25.3 Å². The Morgan fingerprint density at radius 3 is 2.63 bits per heavy atom. The van der Waals surface area contributed by atoms with E-state index in [4.69, 9.17) is 4.74 Å². The molecule has 136 valence electrons. The highest BCUT2D eigenvalue weighted by molar-refractivity contribution is 5.85. The van der Waals surface area contributed by atoms with Crippen molar-refractivity contribution in [1.82, 2.24) is 25.3 Å². The highest BCUT2D eigenvalue weighted by Crippen LogP contribution is 2.29. The second-order valence-corrected chi connectivity index (χ2v) is 5.48. The fraction of sp³-hybridized carbons (Fsp3) is 0.118. The molecule has 0 fully saturated rings. The number of benzene rings is 1. The average Bonchev–Trinajstić information content (AvgIpc) is 3.17. The molecule has 0 amide bonds. The van der Waals surface area contributed by atoms with Crippen LogP contribution in [0, 0.1) is 0 Å². The first-order chi connectivity index (χ1) is 13.0. The Morgan fingerprint density at radius 1 is 1.04 bits per heavy atom. The van der Waals surface area contributed by atoms with E-state index < -0.39 is 12.1 Å². The van der Waals surface area contributed by atoms with Gasteiger partial charge in [0.25, 0.3) is 0 Å². The third-order valence-corrected chi connectivity index (χ3v) is 3.64. The summed E-state index contributed by atoms with van der Waals surface area (Å²) in [4.78, 5) is 7.46. The van der Waals surface area contributed by atoms with Crippen LogP contribution in [0.3, 0.4) is 0 Å². The predicted molar refractivity (Wildman–Crippen MR) is 86.4 cm³/mol. The van der Waals surface area contributed by atoms with Gasteiger partial charge in [-0.2, -0.15) is 23.3 Å². The molecule has 0 aliphatic heterocycles. The molecule has 3 aromatic heterocycles. The molecule has 0 radical (unpaired) electrons. The zero-order chi connectivity index (χ0) is 18.9. The molecule has 0 saturated heterocycles. The van der Waals surface area contributed by atoms with Crippen molar-refractivity contribution >= 4 is 10.8 Å². The molecular formula is C17H10F3N5O2. The van der Waals surface area contributed by atoms with Crippen LogP contribution < -0.4 is 4.74 Å². The SMILES string of the molecule is FC(F)(F)c1nc(-c2ccc(COc3nncc4ccccc34)nc2)no1. The molecule has 0 N–H and O–H groups in total. The van der Waals surface area contributed by atoms with Crippen LogP contribution in [0.15, 0.2) is 53.3 Å². The summed E-state index contributed by atoms with van der Waals surface area (Å²) in [6, 6.07) is 10.6. The Hall–Kier alpha value is -3.56. The summed E-state index contributed by atoms with van der Waals surface area (Å²) in [7, 11) is 0. The molecule has 1 aromatic carbocycles. The molecular weight excluding hydrogens is 363 g/mol. The standard InChI is InChI=1S/C17H10F3N5O2/c18-17(19,20)16-23-14(25-27-16)11-5-6-12(21-7-11)9-26-15-13-4-2-1-3-10(13)8-22-24-15/h1-8H,9H2. The van der Waals surface area contributed by atoms with Crippen molar-refractivity contribution in [2.45, 2.75) is 12.8 Å². The number of hydrogen-bond acceptors (Lipinski definition) is 7. The number of pyridine rings is 1. The van der Waals surface area contributed by atoms with Crippen molar-refractivity contribution in [2.24, 2.45) is 0 Å². The van der Waals surface area contributed by atoms with Crippen LogP contribution in [0.2, 0.25) is 0 Å². The van der Waals surface area contributed by atoms with Crippen molar-refractivity contribution in [3.8, 4) is 17.3 Å². The number of hydrogen-bond donors (Lipinski definition) is 0. The third kappa shape index (κ3) is 3.54. The lowest BCUT2D eigenvalue weighted by Crippen LogP contribution is -2.05. The second kappa shape index (κ2) is 6.63. The van der Waals surface area contributed by atoms with E-state index in [1.54, 1.807) is 12.3 Å². The van der Waals surface area contributed by atoms with E-state index in [0.29, 0.717) is 17.1 Å². The lowest BCUT2D eigenvalue weighted by molar-refractivity contribution is -0.159. The quantitative estimate of drug-likeness (QED) is 0.539. The number of nitrogens with zero attached hydrogens (tertiary/aromatic N) is 5. The van der Waals surface area contributed by atoms with Gasteiger partial charge in [-0.3, -0.25) is 4.98 Å². The van der Waals surface area contributed by atoms with Crippen LogP contribution >= 0.6 is 0 Å². The third-order valence-electron chi connectivity index (χ3n) is 3.64. The van der Waals surface area contributed by atoms with E-state index >= 15 is 0 Å². The van der Waals surface area contributed by atoms with Gasteiger partial charge in [0.05, 0.1) is 11.9 Å². The van der Waals surface area contributed by atoms with Crippen LogP contribution in [0.1, 0.15) is 11.6 Å². The topological polar surface area (TPSA) is 86.8 Å². The van der Waals surface area contributed by atoms with Crippen LogP contribution in [0.25, 0.3) is 22.2 Å². The van der Waals surface area contributed by atoms with Gasteiger partial charge in [0.15, 0.2) is 0 Å². The average molecular weight is 373 g/mol. The lowest BCUT2D eigenvalue weighted by Gasteiger charge is -2.07. The zero-order valence-electron chi connectivity index (χ0n) is 13.5. The van der Waals surface area contributed by atoms with Crippen LogP contribution in [-0.2, 0) is 12.8 Å². The maximum absolute atomic E-state index is 12.5. The molecule has 27 heavy (non-hydrogen) atoms. The first-order valence-corrected chi connectivity index (χ1v) is 7.70. The highest BCUT2D eigenvalue weighted by Gasteiger charge is 2.38. The summed E-state index contributed by atoms with van der Waals surface area (Å²) in [5.74, 6) is -1.23. The largest absolute Gasteiger partial charge is 0.471 e. The predicted octanol–water partition coefficient (Wildman–Crippen LogP) is 3.67. The minimum Gasteiger partial charge on any atom is -0.470 e. The van der Waals surface area contributed by atoms with Crippen molar-refractivity contribution in [3.05, 3.63) is 60.4 Å². The van der Waals surface area contributed by atoms with Gasteiger partial charge in [-0.15, -0.1) is 5.10 Å². The van der Waals surface area contributed by atoms with Gasteiger partial charge in [-0.1, -0.05) is 23.4 Å². The van der Waals surface area contributed by atoms with E-state index in [-0.39, 0.29) is 12.4 Å². The summed E-state index contributed by atoms with van der Waals surface area (Å²) < 4.78 is 47.4. The number of fused-ring (bicyclic) bond motifs is 1. The Bertz CT molecular complexity index is 1070. The molecule has 4 aromatic rings. The van der Waals surface area contributed by atoms with E-state index in [9.17, 15) is 13.2 Å². The van der Waals surface area contributed by atoms with Gasteiger partial charge in [0.1, 0.15) is 6.61 Å². The number of halogens is 3. The summed E-state index contributed by atoms with van der Waals surface area (Å²) in [6.07, 6.45) is -1.71. The van der Waals surface area contributed by atoms with Gasteiger partial charge in [0, 0.05) is 22.5 Å². The number of ether oxygens (including phenoxy) is 1. The summed E-state index contributed by atoms with van der Waals surface area (Å²) in [6.45, 7) is 0.114. The lowest BCUT2D eigenvalue weighted by atomic mass is 10.2. The van der Waals surface area contributed by atoms with Crippen LogP contribution in [0.4, 0.5) is 13.2 Å². The minimum absolute atomic E-state index is 0.114. The van der Waals surface area contributed by atoms with Crippen molar-refractivity contribution in [1.29, 1.82) is 0 Å². The monoisotopic (exact) mass is 373 g/mol. The number of rotatable bonds is 4. The smallest absolute Gasteiger partial charge is 0.470 e. The first-order valence-electron chi connectivity index (χ1n) is 7.70. The fourth-order valence-electron chi connectivity index (χ4n) is 2.35. The molecule has 0 atom stereocenters. The summed E-state index contributed by atoms with van der Waals surface area (Å²) in [5, 5.41) is 12.9. The van der Waals surface area contributed by atoms with E-state index in [0.717, 1.165) is 10.8 Å². The summed E-state index contributed by atoms with van der Waals surface area (Å²) >= 11 is 0. The molecule has 0 saturated carbocycles. The van der Waals surface area contributed by atoms with Gasteiger partial charge in [-0.25, -0.2) is 0 Å². The normalized spacial score (nSPS) is 11.7. The van der Waals surface area contributed by atoms with Crippen molar-refractivity contribution in [2.75, 3.05) is 0 Å². The maximum atomic E-state index is 12.5. The molecule has 10 heteroatoms. The first kappa shape index (κ1) is 16.9. The Morgan fingerprint density at radius 2 is 1.89 bits per heavy atom. The van der Waals surface area contributed by atoms with E-state index in [2.05, 4.69) is 29.8 Å². The van der Waals surface area contributed by atoms with Gasteiger partial charge in [-0.05, 0) is 18.2 Å². The van der Waals surface area contributed by atoms with E-state index in [1.165, 1.54) is 12.3 Å². The van der Waals surface area contributed by atoms with Crippen molar-refractivity contribution < 1.29 is 22.4 Å². The molecule has 0 spiro atoms. The molecule has 3 heterocycles. The Labute approximate surface area is 149 Å². The fourth-order valence-corrected chi connectivity index (χ4v) is 2.35. The molecule has 0 bridgehead atoms. The van der Waals surface area contributed by atoms with Gasteiger partial charge in [0.2, 0.25) is 11.7 Å². The Kier molecular flexibility index (Phi) is 4.15.